The van der Waals surface area contributed by atoms with E-state index >= 15 is 0 Å². The molecule has 1 aromatic rings. The highest BCUT2D eigenvalue weighted by molar-refractivity contribution is 9.10. The molecule has 2 rings (SSSR count). The van der Waals surface area contributed by atoms with Crippen LogP contribution in [0.4, 0.5) is 0 Å². The second kappa shape index (κ2) is 5.52. The standard InChI is InChI=1S/C10H12BrN.C2H6/c1-7-10-6-9(11)3-2-8(10)4-5-12-7;1-2/h2-3,6-7,12H,4-5H2,1H3;1-2H3. The Labute approximate surface area is 95.0 Å². The summed E-state index contributed by atoms with van der Waals surface area (Å²) >= 11 is 3.49. The monoisotopic (exact) mass is 255 g/mol. The molecule has 0 amide bonds. The summed E-state index contributed by atoms with van der Waals surface area (Å²) in [5.74, 6) is 0. The maximum atomic E-state index is 3.49. The molecule has 0 aliphatic carbocycles. The zero-order chi connectivity index (χ0) is 10.6. The molecule has 0 aromatic heterocycles. The van der Waals surface area contributed by atoms with Gasteiger partial charge in [-0.15, -0.1) is 0 Å². The van der Waals surface area contributed by atoms with Gasteiger partial charge >= 0.3 is 0 Å². The third-order valence-corrected chi connectivity index (χ3v) is 2.91. The molecular weight excluding hydrogens is 238 g/mol. The van der Waals surface area contributed by atoms with Crippen LogP contribution in [-0.4, -0.2) is 6.54 Å². The van der Waals surface area contributed by atoms with Gasteiger partial charge < -0.3 is 5.32 Å². The molecule has 1 N–H and O–H groups in total. The molecule has 1 atom stereocenters. The first-order chi connectivity index (χ1) is 6.77. The van der Waals surface area contributed by atoms with Gasteiger partial charge in [-0.2, -0.15) is 0 Å². The fourth-order valence-corrected chi connectivity index (χ4v) is 2.11. The Morgan fingerprint density at radius 1 is 1.36 bits per heavy atom. The van der Waals surface area contributed by atoms with Gasteiger partial charge in [0.25, 0.3) is 0 Å². The summed E-state index contributed by atoms with van der Waals surface area (Å²) in [6, 6.07) is 7.06. The highest BCUT2D eigenvalue weighted by atomic mass is 79.9. The van der Waals surface area contributed by atoms with Crippen molar-refractivity contribution in [2.75, 3.05) is 6.54 Å². The van der Waals surface area contributed by atoms with Crippen LogP contribution in [0.3, 0.4) is 0 Å². The fraction of sp³-hybridized carbons (Fsp3) is 0.500. The number of rotatable bonds is 0. The smallest absolute Gasteiger partial charge is 0.0295 e. The summed E-state index contributed by atoms with van der Waals surface area (Å²) in [5, 5.41) is 3.44. The van der Waals surface area contributed by atoms with Crippen LogP contribution >= 0.6 is 15.9 Å². The third-order valence-electron chi connectivity index (χ3n) is 2.42. The van der Waals surface area contributed by atoms with Gasteiger partial charge in [0.2, 0.25) is 0 Å². The molecule has 1 unspecified atom stereocenters. The Morgan fingerprint density at radius 2 is 2.07 bits per heavy atom. The van der Waals surface area contributed by atoms with E-state index in [-0.39, 0.29) is 0 Å². The van der Waals surface area contributed by atoms with Crippen molar-refractivity contribution < 1.29 is 0 Å². The minimum absolute atomic E-state index is 0.506. The molecule has 1 aliphatic heterocycles. The first kappa shape index (κ1) is 11.7. The lowest BCUT2D eigenvalue weighted by atomic mass is 9.96. The number of hydrogen-bond donors (Lipinski definition) is 1. The van der Waals surface area contributed by atoms with Crippen LogP contribution in [0.15, 0.2) is 22.7 Å². The van der Waals surface area contributed by atoms with Gasteiger partial charge in [0.15, 0.2) is 0 Å². The van der Waals surface area contributed by atoms with Crippen molar-refractivity contribution in [3.63, 3.8) is 0 Å². The van der Waals surface area contributed by atoms with E-state index in [0.717, 1.165) is 13.0 Å². The van der Waals surface area contributed by atoms with Crippen LogP contribution in [0.5, 0.6) is 0 Å². The van der Waals surface area contributed by atoms with Crippen molar-refractivity contribution in [3.05, 3.63) is 33.8 Å². The van der Waals surface area contributed by atoms with Gasteiger partial charge in [0, 0.05) is 10.5 Å². The van der Waals surface area contributed by atoms with Crippen molar-refractivity contribution in [2.45, 2.75) is 33.2 Å². The molecule has 1 aliphatic rings. The van der Waals surface area contributed by atoms with Crippen molar-refractivity contribution >= 4 is 15.9 Å². The first-order valence-electron chi connectivity index (χ1n) is 5.29. The molecule has 1 aromatic carbocycles. The Morgan fingerprint density at radius 3 is 2.79 bits per heavy atom. The zero-order valence-electron chi connectivity index (χ0n) is 9.10. The van der Waals surface area contributed by atoms with Gasteiger partial charge in [0.1, 0.15) is 0 Å². The molecule has 0 fully saturated rings. The molecule has 0 saturated carbocycles. The summed E-state index contributed by atoms with van der Waals surface area (Å²) in [7, 11) is 0. The van der Waals surface area contributed by atoms with E-state index in [0.29, 0.717) is 6.04 Å². The topological polar surface area (TPSA) is 12.0 Å². The SMILES string of the molecule is CC.CC1NCCc2ccc(Br)cc21. The molecular formula is C12H18BrN. The van der Waals surface area contributed by atoms with E-state index in [1.54, 1.807) is 0 Å². The molecule has 14 heavy (non-hydrogen) atoms. The second-order valence-electron chi connectivity index (χ2n) is 3.27. The number of hydrogen-bond acceptors (Lipinski definition) is 1. The predicted molar refractivity (Wildman–Crippen MR) is 65.6 cm³/mol. The van der Waals surface area contributed by atoms with Crippen LogP contribution in [-0.2, 0) is 6.42 Å². The van der Waals surface area contributed by atoms with Crippen LogP contribution in [0.25, 0.3) is 0 Å². The molecule has 2 heteroatoms. The Balaban J connectivity index is 0.000000461. The van der Waals surface area contributed by atoms with Gasteiger partial charge in [-0.25, -0.2) is 0 Å². The quantitative estimate of drug-likeness (QED) is 0.746. The number of benzene rings is 1. The third kappa shape index (κ3) is 2.58. The summed E-state index contributed by atoms with van der Waals surface area (Å²) in [6.45, 7) is 7.32. The average molecular weight is 256 g/mol. The minimum atomic E-state index is 0.506. The first-order valence-corrected chi connectivity index (χ1v) is 6.08. The number of halogens is 1. The Hall–Kier alpha value is -0.340. The normalized spacial score (nSPS) is 19.3. The molecule has 0 saturated heterocycles. The summed E-state index contributed by atoms with van der Waals surface area (Å²) in [4.78, 5) is 0. The predicted octanol–water partition coefficient (Wildman–Crippen LogP) is 3.68. The van der Waals surface area contributed by atoms with Crippen molar-refractivity contribution in [3.8, 4) is 0 Å². The van der Waals surface area contributed by atoms with Crippen molar-refractivity contribution in [1.82, 2.24) is 5.32 Å². The fourth-order valence-electron chi connectivity index (χ4n) is 1.73. The van der Waals surface area contributed by atoms with Gasteiger partial charge in [-0.3, -0.25) is 0 Å². The molecule has 0 bridgehead atoms. The maximum Gasteiger partial charge on any atom is 0.0295 e. The van der Waals surface area contributed by atoms with Crippen LogP contribution in [0.1, 0.15) is 37.9 Å². The Kier molecular flexibility index (Phi) is 4.63. The van der Waals surface area contributed by atoms with E-state index in [2.05, 4.69) is 46.4 Å². The van der Waals surface area contributed by atoms with Gasteiger partial charge in [0.05, 0.1) is 0 Å². The summed E-state index contributed by atoms with van der Waals surface area (Å²) < 4.78 is 1.18. The van der Waals surface area contributed by atoms with Crippen molar-refractivity contribution in [2.24, 2.45) is 0 Å². The summed E-state index contributed by atoms with van der Waals surface area (Å²) in [5.41, 5.74) is 2.93. The van der Waals surface area contributed by atoms with E-state index in [1.807, 2.05) is 13.8 Å². The lowest BCUT2D eigenvalue weighted by Gasteiger charge is -2.23. The van der Waals surface area contributed by atoms with Gasteiger partial charge in [-0.05, 0) is 43.1 Å². The van der Waals surface area contributed by atoms with E-state index in [1.165, 1.54) is 15.6 Å². The lowest BCUT2D eigenvalue weighted by Crippen LogP contribution is -2.27. The molecule has 1 nitrogen and oxygen atoms in total. The van der Waals surface area contributed by atoms with Crippen LogP contribution < -0.4 is 5.32 Å². The highest BCUT2D eigenvalue weighted by Gasteiger charge is 2.14. The maximum absolute atomic E-state index is 3.49. The highest BCUT2D eigenvalue weighted by Crippen LogP contribution is 2.25. The average Bonchev–Trinajstić information content (AvgIpc) is 2.22. The molecule has 1 heterocycles. The molecule has 0 spiro atoms. The number of nitrogens with one attached hydrogen (secondary N) is 1. The van der Waals surface area contributed by atoms with E-state index in [9.17, 15) is 0 Å². The molecule has 0 radical (unpaired) electrons. The van der Waals surface area contributed by atoms with Gasteiger partial charge in [-0.1, -0.05) is 35.8 Å². The van der Waals surface area contributed by atoms with Crippen LogP contribution in [0.2, 0.25) is 0 Å². The molecule has 78 valence electrons. The largest absolute Gasteiger partial charge is 0.310 e. The van der Waals surface area contributed by atoms with Crippen molar-refractivity contribution in [1.29, 1.82) is 0 Å². The zero-order valence-corrected chi connectivity index (χ0v) is 10.7. The lowest BCUT2D eigenvalue weighted by molar-refractivity contribution is 0.540. The Bertz CT molecular complexity index is 296. The summed E-state index contributed by atoms with van der Waals surface area (Å²) in [6.07, 6.45) is 1.16. The van der Waals surface area contributed by atoms with E-state index in [4.69, 9.17) is 0 Å². The van der Waals surface area contributed by atoms with E-state index < -0.39 is 0 Å². The minimum Gasteiger partial charge on any atom is -0.310 e. The van der Waals surface area contributed by atoms with Crippen LogP contribution in [0, 0.1) is 0 Å². The second-order valence-corrected chi connectivity index (χ2v) is 4.18. The number of fused-ring (bicyclic) bond motifs is 1.